The number of thiophene rings is 1. The Balaban J connectivity index is 1.74. The molecule has 0 spiro atoms. The Labute approximate surface area is 122 Å². The second kappa shape index (κ2) is 6.85. The van der Waals surface area contributed by atoms with E-state index in [9.17, 15) is 9.59 Å². The standard InChI is InChI=1S/C14H20N2O3S/c1-10(12-3-2-8-20-12)15-13(17)9-16-6-4-11(5-7-16)14(18)19/h2-3,8,10-11H,4-7,9H2,1H3,(H,15,17)(H,18,19). The molecular formula is C14H20N2O3S. The Hall–Kier alpha value is -1.40. The fourth-order valence-corrected chi connectivity index (χ4v) is 3.17. The summed E-state index contributed by atoms with van der Waals surface area (Å²) in [5.74, 6) is -0.973. The number of likely N-dealkylation sites (tertiary alicyclic amines) is 1. The molecular weight excluding hydrogens is 276 g/mol. The van der Waals surface area contributed by atoms with Gasteiger partial charge in [-0.3, -0.25) is 14.5 Å². The lowest BCUT2D eigenvalue weighted by Gasteiger charge is -2.29. The lowest BCUT2D eigenvalue weighted by atomic mass is 9.97. The van der Waals surface area contributed by atoms with Crippen LogP contribution >= 0.6 is 11.3 Å². The van der Waals surface area contributed by atoms with Gasteiger partial charge in [-0.05, 0) is 44.3 Å². The van der Waals surface area contributed by atoms with Gasteiger partial charge in [0.2, 0.25) is 5.91 Å². The minimum Gasteiger partial charge on any atom is -0.481 e. The van der Waals surface area contributed by atoms with Crippen LogP contribution in [0.4, 0.5) is 0 Å². The molecule has 0 radical (unpaired) electrons. The first-order chi connectivity index (χ1) is 9.56. The van der Waals surface area contributed by atoms with Crippen LogP contribution in [0.2, 0.25) is 0 Å². The molecule has 0 aromatic carbocycles. The number of aliphatic carboxylic acids is 1. The van der Waals surface area contributed by atoms with Gasteiger partial charge in [-0.2, -0.15) is 0 Å². The lowest BCUT2D eigenvalue weighted by molar-refractivity contribution is -0.143. The Morgan fingerprint density at radius 3 is 2.75 bits per heavy atom. The van der Waals surface area contributed by atoms with E-state index in [4.69, 9.17) is 5.11 Å². The highest BCUT2D eigenvalue weighted by atomic mass is 32.1. The van der Waals surface area contributed by atoms with Crippen LogP contribution in [0, 0.1) is 5.92 Å². The van der Waals surface area contributed by atoms with Crippen molar-refractivity contribution in [2.24, 2.45) is 5.92 Å². The molecule has 2 rings (SSSR count). The highest BCUT2D eigenvalue weighted by Gasteiger charge is 2.25. The number of nitrogens with zero attached hydrogens (tertiary/aromatic N) is 1. The molecule has 1 aliphatic rings. The summed E-state index contributed by atoms with van der Waals surface area (Å²) < 4.78 is 0. The summed E-state index contributed by atoms with van der Waals surface area (Å²) in [6, 6.07) is 4.01. The predicted octanol–water partition coefficient (Wildman–Crippen LogP) is 1.72. The van der Waals surface area contributed by atoms with Gasteiger partial charge in [-0.1, -0.05) is 6.07 Å². The molecule has 0 saturated carbocycles. The van der Waals surface area contributed by atoms with Crippen molar-refractivity contribution in [2.75, 3.05) is 19.6 Å². The number of rotatable bonds is 5. The average molecular weight is 296 g/mol. The van der Waals surface area contributed by atoms with Crippen molar-refractivity contribution in [3.05, 3.63) is 22.4 Å². The quantitative estimate of drug-likeness (QED) is 0.868. The third kappa shape index (κ3) is 4.05. The van der Waals surface area contributed by atoms with Crippen LogP contribution in [0.5, 0.6) is 0 Å². The molecule has 1 fully saturated rings. The first-order valence-electron chi connectivity index (χ1n) is 6.84. The van der Waals surface area contributed by atoms with Crippen molar-refractivity contribution in [3.63, 3.8) is 0 Å². The zero-order chi connectivity index (χ0) is 14.5. The van der Waals surface area contributed by atoms with E-state index in [1.807, 2.05) is 29.3 Å². The van der Waals surface area contributed by atoms with Gasteiger partial charge < -0.3 is 10.4 Å². The number of carboxylic acids is 1. The van der Waals surface area contributed by atoms with Gasteiger partial charge >= 0.3 is 5.97 Å². The Morgan fingerprint density at radius 2 is 2.20 bits per heavy atom. The van der Waals surface area contributed by atoms with Gasteiger partial charge in [0.25, 0.3) is 0 Å². The summed E-state index contributed by atoms with van der Waals surface area (Å²) in [4.78, 5) is 26.0. The second-order valence-corrected chi connectivity index (χ2v) is 6.17. The molecule has 5 nitrogen and oxygen atoms in total. The molecule has 1 aliphatic heterocycles. The van der Waals surface area contributed by atoms with E-state index in [0.29, 0.717) is 32.5 Å². The van der Waals surface area contributed by atoms with Gasteiger partial charge in [0, 0.05) is 4.88 Å². The summed E-state index contributed by atoms with van der Waals surface area (Å²) in [5.41, 5.74) is 0. The highest BCUT2D eigenvalue weighted by molar-refractivity contribution is 7.10. The first kappa shape index (κ1) is 15.0. The summed E-state index contributed by atoms with van der Waals surface area (Å²) in [5, 5.41) is 13.9. The number of carbonyl (C=O) groups is 2. The number of hydrogen-bond acceptors (Lipinski definition) is 4. The Kier molecular flexibility index (Phi) is 5.14. The number of carboxylic acid groups (broad SMARTS) is 1. The number of carbonyl (C=O) groups excluding carboxylic acids is 1. The largest absolute Gasteiger partial charge is 0.481 e. The highest BCUT2D eigenvalue weighted by Crippen LogP contribution is 2.19. The number of piperidine rings is 1. The maximum atomic E-state index is 12.0. The molecule has 1 aromatic heterocycles. The van der Waals surface area contributed by atoms with E-state index in [-0.39, 0.29) is 17.9 Å². The van der Waals surface area contributed by atoms with E-state index in [1.54, 1.807) is 11.3 Å². The monoisotopic (exact) mass is 296 g/mol. The summed E-state index contributed by atoms with van der Waals surface area (Å²) in [6.07, 6.45) is 1.26. The zero-order valence-corrected chi connectivity index (χ0v) is 12.4. The van der Waals surface area contributed by atoms with Crippen molar-refractivity contribution >= 4 is 23.2 Å². The van der Waals surface area contributed by atoms with Crippen LogP contribution < -0.4 is 5.32 Å². The van der Waals surface area contributed by atoms with Crippen LogP contribution in [0.1, 0.15) is 30.7 Å². The van der Waals surface area contributed by atoms with Crippen LogP contribution in [-0.4, -0.2) is 41.5 Å². The molecule has 1 unspecified atom stereocenters. The average Bonchev–Trinajstić information content (AvgIpc) is 2.93. The van der Waals surface area contributed by atoms with Crippen LogP contribution in [-0.2, 0) is 9.59 Å². The third-order valence-electron chi connectivity index (χ3n) is 3.65. The predicted molar refractivity (Wildman–Crippen MR) is 77.7 cm³/mol. The third-order valence-corrected chi connectivity index (χ3v) is 4.71. The maximum absolute atomic E-state index is 12.0. The maximum Gasteiger partial charge on any atom is 0.306 e. The van der Waals surface area contributed by atoms with Crippen molar-refractivity contribution in [1.29, 1.82) is 0 Å². The van der Waals surface area contributed by atoms with Gasteiger partial charge in [0.15, 0.2) is 0 Å². The Bertz CT molecular complexity index is 453. The number of amides is 1. The zero-order valence-electron chi connectivity index (χ0n) is 11.5. The fraction of sp³-hybridized carbons (Fsp3) is 0.571. The van der Waals surface area contributed by atoms with Crippen molar-refractivity contribution in [3.8, 4) is 0 Å². The SMILES string of the molecule is CC(NC(=O)CN1CCC(C(=O)O)CC1)c1cccs1. The first-order valence-corrected chi connectivity index (χ1v) is 7.72. The van der Waals surface area contributed by atoms with E-state index >= 15 is 0 Å². The van der Waals surface area contributed by atoms with E-state index < -0.39 is 5.97 Å². The number of nitrogens with one attached hydrogen (secondary N) is 1. The second-order valence-electron chi connectivity index (χ2n) is 5.19. The van der Waals surface area contributed by atoms with Gasteiger partial charge in [-0.15, -0.1) is 11.3 Å². The smallest absolute Gasteiger partial charge is 0.306 e. The van der Waals surface area contributed by atoms with E-state index in [2.05, 4.69) is 5.32 Å². The molecule has 1 atom stereocenters. The molecule has 110 valence electrons. The molecule has 0 aliphatic carbocycles. The molecule has 2 heterocycles. The minimum absolute atomic E-state index is 0.000301. The molecule has 0 bridgehead atoms. The summed E-state index contributed by atoms with van der Waals surface area (Å²) in [6.45, 7) is 3.68. The van der Waals surface area contributed by atoms with Crippen molar-refractivity contribution in [2.45, 2.75) is 25.8 Å². The fourth-order valence-electron chi connectivity index (χ4n) is 2.44. The van der Waals surface area contributed by atoms with Gasteiger partial charge in [0.05, 0.1) is 18.5 Å². The van der Waals surface area contributed by atoms with Crippen LogP contribution in [0.3, 0.4) is 0 Å². The van der Waals surface area contributed by atoms with Crippen molar-refractivity contribution < 1.29 is 14.7 Å². The van der Waals surface area contributed by atoms with Crippen LogP contribution in [0.15, 0.2) is 17.5 Å². The molecule has 1 amide bonds. The molecule has 20 heavy (non-hydrogen) atoms. The normalized spacial score (nSPS) is 18.6. The molecule has 6 heteroatoms. The van der Waals surface area contributed by atoms with Crippen molar-refractivity contribution in [1.82, 2.24) is 10.2 Å². The Morgan fingerprint density at radius 1 is 1.50 bits per heavy atom. The molecule has 1 saturated heterocycles. The summed E-state index contributed by atoms with van der Waals surface area (Å²) >= 11 is 1.63. The molecule has 1 aromatic rings. The molecule has 2 N–H and O–H groups in total. The number of hydrogen-bond donors (Lipinski definition) is 2. The van der Waals surface area contributed by atoms with Gasteiger partial charge in [-0.25, -0.2) is 0 Å². The lowest BCUT2D eigenvalue weighted by Crippen LogP contribution is -2.43. The van der Waals surface area contributed by atoms with Gasteiger partial charge in [0.1, 0.15) is 0 Å². The van der Waals surface area contributed by atoms with E-state index in [0.717, 1.165) is 4.88 Å². The van der Waals surface area contributed by atoms with E-state index in [1.165, 1.54) is 0 Å². The topological polar surface area (TPSA) is 69.6 Å². The minimum atomic E-state index is -0.722. The summed E-state index contributed by atoms with van der Waals surface area (Å²) in [7, 11) is 0. The van der Waals surface area contributed by atoms with Crippen LogP contribution in [0.25, 0.3) is 0 Å².